The zero-order valence-electron chi connectivity index (χ0n) is 6.80. The summed E-state index contributed by atoms with van der Waals surface area (Å²) in [6.07, 6.45) is -0.0763. The Labute approximate surface area is 86.4 Å². The zero-order valence-corrected chi connectivity index (χ0v) is 8.31. The van der Waals surface area contributed by atoms with E-state index >= 15 is 0 Å². The van der Waals surface area contributed by atoms with Crippen LogP contribution in [0.1, 0.15) is 0 Å². The molecule has 0 amide bonds. The van der Waals surface area contributed by atoms with Crippen LogP contribution in [0.4, 0.5) is 0 Å². The Balaban J connectivity index is 2.27. The van der Waals surface area contributed by atoms with E-state index in [4.69, 9.17) is 32.7 Å². The lowest BCUT2D eigenvalue weighted by Crippen LogP contribution is -2.30. The molecule has 0 radical (unpaired) electrons. The maximum atomic E-state index is 5.80. The third-order valence-electron chi connectivity index (χ3n) is 1.80. The highest BCUT2D eigenvalue weighted by atomic mass is 35.5. The van der Waals surface area contributed by atoms with E-state index in [0.29, 0.717) is 23.3 Å². The van der Waals surface area contributed by atoms with E-state index in [2.05, 4.69) is 0 Å². The van der Waals surface area contributed by atoms with Gasteiger partial charge < -0.3 is 9.47 Å². The van der Waals surface area contributed by atoms with Gasteiger partial charge in [-0.1, -0.05) is 11.6 Å². The molecule has 0 saturated carbocycles. The van der Waals surface area contributed by atoms with Gasteiger partial charge in [-0.25, -0.2) is 0 Å². The predicted molar refractivity (Wildman–Crippen MR) is 52.1 cm³/mol. The fraction of sp³-hybridized carbons (Fsp3) is 0.333. The van der Waals surface area contributed by atoms with Crippen molar-refractivity contribution >= 4 is 23.2 Å². The van der Waals surface area contributed by atoms with Crippen molar-refractivity contribution in [3.05, 3.63) is 23.2 Å². The standard InChI is InChI=1S/C9H8Cl2O2/c10-4-7-5-12-8-2-1-6(11)3-9(8)13-7/h1-3,7H,4-5H2. The van der Waals surface area contributed by atoms with Gasteiger partial charge in [-0.3, -0.25) is 0 Å². The van der Waals surface area contributed by atoms with Crippen molar-refractivity contribution in [3.63, 3.8) is 0 Å². The van der Waals surface area contributed by atoms with Gasteiger partial charge >= 0.3 is 0 Å². The van der Waals surface area contributed by atoms with Crippen molar-refractivity contribution in [3.8, 4) is 11.5 Å². The van der Waals surface area contributed by atoms with Crippen molar-refractivity contribution in [2.45, 2.75) is 6.10 Å². The summed E-state index contributed by atoms with van der Waals surface area (Å²) in [6, 6.07) is 5.29. The highest BCUT2D eigenvalue weighted by molar-refractivity contribution is 6.30. The molecular weight excluding hydrogens is 211 g/mol. The largest absolute Gasteiger partial charge is 0.486 e. The lowest BCUT2D eigenvalue weighted by molar-refractivity contribution is 0.106. The first-order valence-corrected chi connectivity index (χ1v) is 4.86. The fourth-order valence-electron chi connectivity index (χ4n) is 1.17. The Morgan fingerprint density at radius 1 is 1.38 bits per heavy atom. The van der Waals surface area contributed by atoms with Crippen molar-refractivity contribution in [1.82, 2.24) is 0 Å². The Kier molecular flexibility index (Phi) is 2.51. The molecule has 70 valence electrons. The molecule has 13 heavy (non-hydrogen) atoms. The summed E-state index contributed by atoms with van der Waals surface area (Å²) in [5, 5.41) is 0.637. The van der Waals surface area contributed by atoms with Crippen LogP contribution in [0.3, 0.4) is 0 Å². The van der Waals surface area contributed by atoms with E-state index in [1.54, 1.807) is 18.2 Å². The second kappa shape index (κ2) is 3.64. The van der Waals surface area contributed by atoms with E-state index in [1.807, 2.05) is 0 Å². The van der Waals surface area contributed by atoms with Crippen molar-refractivity contribution in [2.24, 2.45) is 0 Å². The molecule has 1 aliphatic heterocycles. The summed E-state index contributed by atoms with van der Waals surface area (Å²) in [4.78, 5) is 0. The van der Waals surface area contributed by atoms with Crippen LogP contribution >= 0.6 is 23.2 Å². The topological polar surface area (TPSA) is 18.5 Å². The van der Waals surface area contributed by atoms with E-state index < -0.39 is 0 Å². The first-order chi connectivity index (χ1) is 6.29. The Bertz CT molecular complexity index is 314. The Morgan fingerprint density at radius 2 is 2.23 bits per heavy atom. The minimum atomic E-state index is -0.0763. The summed E-state index contributed by atoms with van der Waals surface area (Å²) in [5.41, 5.74) is 0. The molecule has 0 N–H and O–H groups in total. The molecule has 1 heterocycles. The number of halogens is 2. The van der Waals surface area contributed by atoms with Crippen molar-refractivity contribution in [1.29, 1.82) is 0 Å². The molecule has 1 aliphatic rings. The van der Waals surface area contributed by atoms with Crippen LogP contribution in [-0.4, -0.2) is 18.6 Å². The molecular formula is C9H8Cl2O2. The van der Waals surface area contributed by atoms with E-state index in [9.17, 15) is 0 Å². The third kappa shape index (κ3) is 1.84. The Hall–Kier alpha value is -0.600. The lowest BCUT2D eigenvalue weighted by Gasteiger charge is -2.24. The SMILES string of the molecule is ClCC1COc2ccc(Cl)cc2O1. The van der Waals surface area contributed by atoms with Crippen LogP contribution in [-0.2, 0) is 0 Å². The lowest BCUT2D eigenvalue weighted by atomic mass is 10.3. The summed E-state index contributed by atoms with van der Waals surface area (Å²) >= 11 is 11.4. The molecule has 2 nitrogen and oxygen atoms in total. The molecule has 1 unspecified atom stereocenters. The van der Waals surface area contributed by atoms with Crippen LogP contribution in [0.5, 0.6) is 11.5 Å². The number of hydrogen-bond donors (Lipinski definition) is 0. The van der Waals surface area contributed by atoms with Gasteiger partial charge in [-0.2, -0.15) is 0 Å². The number of benzene rings is 1. The highest BCUT2D eigenvalue weighted by Crippen LogP contribution is 2.34. The third-order valence-corrected chi connectivity index (χ3v) is 2.38. The molecule has 0 fully saturated rings. The maximum absolute atomic E-state index is 5.80. The van der Waals surface area contributed by atoms with Gasteiger partial charge in [0.05, 0.1) is 5.88 Å². The van der Waals surface area contributed by atoms with Gasteiger partial charge in [0.1, 0.15) is 12.7 Å². The quantitative estimate of drug-likeness (QED) is 0.676. The second-order valence-electron chi connectivity index (χ2n) is 2.80. The second-order valence-corrected chi connectivity index (χ2v) is 3.54. The van der Waals surface area contributed by atoms with E-state index in [1.165, 1.54) is 0 Å². The van der Waals surface area contributed by atoms with Gasteiger partial charge in [-0.15, -0.1) is 11.6 Å². The molecule has 1 aromatic rings. The average Bonchev–Trinajstić information content (AvgIpc) is 2.16. The van der Waals surface area contributed by atoms with Gasteiger partial charge in [0, 0.05) is 11.1 Å². The summed E-state index contributed by atoms with van der Waals surface area (Å²) in [5.74, 6) is 1.82. The Morgan fingerprint density at radius 3 is 3.00 bits per heavy atom. The van der Waals surface area contributed by atoms with Crippen molar-refractivity contribution < 1.29 is 9.47 Å². The normalized spacial score (nSPS) is 20.0. The number of ether oxygens (including phenoxy) is 2. The molecule has 0 saturated heterocycles. The molecule has 0 aromatic heterocycles. The summed E-state index contributed by atoms with van der Waals surface area (Å²) in [7, 11) is 0. The number of rotatable bonds is 1. The van der Waals surface area contributed by atoms with Crippen LogP contribution in [0, 0.1) is 0 Å². The predicted octanol–water partition coefficient (Wildman–Crippen LogP) is 2.72. The smallest absolute Gasteiger partial charge is 0.163 e. The highest BCUT2D eigenvalue weighted by Gasteiger charge is 2.19. The van der Waals surface area contributed by atoms with E-state index in [0.717, 1.165) is 5.75 Å². The summed E-state index contributed by atoms with van der Waals surface area (Å²) < 4.78 is 10.9. The molecule has 1 atom stereocenters. The van der Waals surface area contributed by atoms with Gasteiger partial charge in [0.15, 0.2) is 11.5 Å². The number of fused-ring (bicyclic) bond motifs is 1. The zero-order chi connectivity index (χ0) is 9.26. The van der Waals surface area contributed by atoms with Gasteiger partial charge in [-0.05, 0) is 12.1 Å². The van der Waals surface area contributed by atoms with Crippen LogP contribution < -0.4 is 9.47 Å². The minimum Gasteiger partial charge on any atom is -0.486 e. The van der Waals surface area contributed by atoms with Crippen LogP contribution in [0.15, 0.2) is 18.2 Å². The average molecular weight is 219 g/mol. The molecule has 1 aromatic carbocycles. The fourth-order valence-corrected chi connectivity index (χ4v) is 1.48. The van der Waals surface area contributed by atoms with Gasteiger partial charge in [0.2, 0.25) is 0 Å². The van der Waals surface area contributed by atoms with Crippen LogP contribution in [0.25, 0.3) is 0 Å². The number of alkyl halides is 1. The molecule has 0 aliphatic carbocycles. The molecule has 2 rings (SSSR count). The molecule has 0 bridgehead atoms. The monoisotopic (exact) mass is 218 g/mol. The summed E-state index contributed by atoms with van der Waals surface area (Å²) in [6.45, 7) is 0.498. The molecule has 0 spiro atoms. The first-order valence-electron chi connectivity index (χ1n) is 3.94. The number of hydrogen-bond acceptors (Lipinski definition) is 2. The molecule has 4 heteroatoms. The van der Waals surface area contributed by atoms with Crippen molar-refractivity contribution in [2.75, 3.05) is 12.5 Å². The maximum Gasteiger partial charge on any atom is 0.163 e. The van der Waals surface area contributed by atoms with E-state index in [-0.39, 0.29) is 6.10 Å². The van der Waals surface area contributed by atoms with Gasteiger partial charge in [0.25, 0.3) is 0 Å². The first kappa shape index (κ1) is 8.97. The van der Waals surface area contributed by atoms with Crippen LogP contribution in [0.2, 0.25) is 5.02 Å². The minimum absolute atomic E-state index is 0.0763.